The summed E-state index contributed by atoms with van der Waals surface area (Å²) in [6.45, 7) is 10.0. The van der Waals surface area contributed by atoms with Gasteiger partial charge in [-0.15, -0.1) is 0 Å². The molecule has 1 amide bonds. The number of pyridine rings is 2. The van der Waals surface area contributed by atoms with Gasteiger partial charge in [0.05, 0.1) is 17.9 Å². The molecule has 1 saturated heterocycles. The fourth-order valence-corrected chi connectivity index (χ4v) is 5.16. The lowest BCUT2D eigenvalue weighted by Gasteiger charge is -2.38. The highest BCUT2D eigenvalue weighted by molar-refractivity contribution is 7.90. The maximum atomic E-state index is 14.5. The first-order chi connectivity index (χ1) is 18.3. The first kappa shape index (κ1) is 28.3. The van der Waals surface area contributed by atoms with Crippen LogP contribution in [0.25, 0.3) is 11.3 Å². The predicted octanol–water partition coefficient (Wildman–Crippen LogP) is 4.64. The number of aromatic nitrogens is 2. The van der Waals surface area contributed by atoms with E-state index in [4.69, 9.17) is 15.5 Å². The number of nitrogens with one attached hydrogen (secondary N) is 1. The van der Waals surface area contributed by atoms with Gasteiger partial charge in [-0.1, -0.05) is 33.8 Å². The number of amides is 1. The normalized spacial score (nSPS) is 15.3. The molecule has 1 aromatic carbocycles. The summed E-state index contributed by atoms with van der Waals surface area (Å²) in [4.78, 5) is 23.8. The second-order valence-electron chi connectivity index (χ2n) is 10.9. The second-order valence-corrected chi connectivity index (χ2v) is 12.6. The zero-order chi connectivity index (χ0) is 28.4. The van der Waals surface area contributed by atoms with Gasteiger partial charge in [0.25, 0.3) is 15.9 Å². The van der Waals surface area contributed by atoms with E-state index >= 15 is 0 Å². The number of anilines is 2. The summed E-state index contributed by atoms with van der Waals surface area (Å²) in [6, 6.07) is 11.6. The minimum Gasteiger partial charge on any atom is -0.493 e. The number of nitrogens with zero attached hydrogens (tertiary/aromatic N) is 3. The molecule has 4 rings (SSSR count). The van der Waals surface area contributed by atoms with Crippen LogP contribution in [0, 0.1) is 17.2 Å². The molecule has 2 aromatic heterocycles. The number of ether oxygens (including phenoxy) is 1. The Labute approximate surface area is 228 Å². The molecule has 0 radical (unpaired) electrons. The molecule has 1 fully saturated rings. The Morgan fingerprint density at radius 1 is 1.13 bits per heavy atom. The summed E-state index contributed by atoms with van der Waals surface area (Å²) in [7, 11) is -4.29. The summed E-state index contributed by atoms with van der Waals surface area (Å²) in [6.07, 6.45) is 1.72. The summed E-state index contributed by atoms with van der Waals surface area (Å²) in [5, 5.41) is -0.365. The van der Waals surface area contributed by atoms with E-state index in [9.17, 15) is 17.6 Å². The van der Waals surface area contributed by atoms with Gasteiger partial charge in [-0.3, -0.25) is 4.79 Å². The number of halogens is 1. The van der Waals surface area contributed by atoms with Crippen LogP contribution in [0.3, 0.4) is 0 Å². The van der Waals surface area contributed by atoms with Crippen LogP contribution in [0.4, 0.5) is 16.0 Å². The van der Waals surface area contributed by atoms with E-state index in [1.54, 1.807) is 12.1 Å². The van der Waals surface area contributed by atoms with Gasteiger partial charge < -0.3 is 15.4 Å². The Bertz CT molecular complexity index is 1470. The highest BCUT2D eigenvalue weighted by atomic mass is 32.2. The van der Waals surface area contributed by atoms with Crippen LogP contribution >= 0.6 is 0 Å². The van der Waals surface area contributed by atoms with Gasteiger partial charge in [-0.05, 0) is 60.6 Å². The maximum Gasteiger partial charge on any atom is 0.281 e. The molecular weight excluding hydrogens is 521 g/mol. The van der Waals surface area contributed by atoms with Gasteiger partial charge in [0.15, 0.2) is 5.03 Å². The van der Waals surface area contributed by atoms with Crippen molar-refractivity contribution in [3.8, 4) is 17.0 Å². The van der Waals surface area contributed by atoms with E-state index in [2.05, 4.69) is 23.6 Å². The molecule has 1 aliphatic rings. The average molecular weight is 556 g/mol. The minimum absolute atomic E-state index is 0.0137. The number of hydrogen-bond donors (Lipinski definition) is 2. The fourth-order valence-electron chi connectivity index (χ4n) is 4.22. The Morgan fingerprint density at radius 2 is 1.85 bits per heavy atom. The molecule has 0 saturated carbocycles. The van der Waals surface area contributed by atoms with Gasteiger partial charge in [0.2, 0.25) is 0 Å². The molecule has 0 atom stereocenters. The zero-order valence-corrected chi connectivity index (χ0v) is 23.4. The van der Waals surface area contributed by atoms with Crippen molar-refractivity contribution in [2.75, 3.05) is 30.3 Å². The molecule has 9 nitrogen and oxygen atoms in total. The number of carbonyl (C=O) groups is 1. The highest BCUT2D eigenvalue weighted by Gasteiger charge is 2.30. The topological polar surface area (TPSA) is 128 Å². The van der Waals surface area contributed by atoms with Crippen molar-refractivity contribution in [3.05, 3.63) is 59.9 Å². The van der Waals surface area contributed by atoms with Crippen LogP contribution in [0.2, 0.25) is 0 Å². The molecular formula is C28H34FN5O4S. The summed E-state index contributed by atoms with van der Waals surface area (Å²) >= 11 is 0. The van der Waals surface area contributed by atoms with Crippen molar-refractivity contribution >= 4 is 27.6 Å². The minimum atomic E-state index is -4.29. The van der Waals surface area contributed by atoms with Crippen LogP contribution in [0.1, 0.15) is 50.9 Å². The number of sulfonamides is 1. The van der Waals surface area contributed by atoms with E-state index in [-0.39, 0.29) is 27.7 Å². The molecule has 11 heteroatoms. The molecule has 3 heterocycles. The van der Waals surface area contributed by atoms with Crippen molar-refractivity contribution in [3.63, 3.8) is 0 Å². The molecule has 208 valence electrons. The van der Waals surface area contributed by atoms with E-state index in [1.807, 2.05) is 18.7 Å². The highest BCUT2D eigenvalue weighted by Crippen LogP contribution is 2.34. The first-order valence-corrected chi connectivity index (χ1v) is 14.3. The molecule has 1 aliphatic heterocycles. The van der Waals surface area contributed by atoms with Crippen LogP contribution in [0.5, 0.6) is 5.75 Å². The van der Waals surface area contributed by atoms with Crippen LogP contribution in [-0.2, 0) is 10.0 Å². The van der Waals surface area contributed by atoms with Gasteiger partial charge >= 0.3 is 0 Å². The van der Waals surface area contributed by atoms with Crippen molar-refractivity contribution in [2.24, 2.45) is 11.3 Å². The predicted molar refractivity (Wildman–Crippen MR) is 148 cm³/mol. The van der Waals surface area contributed by atoms with Crippen LogP contribution in [0.15, 0.2) is 53.6 Å². The number of nitrogens with two attached hydrogens (primary N) is 1. The lowest BCUT2D eigenvalue weighted by Crippen LogP contribution is -2.40. The third kappa shape index (κ3) is 7.03. The average Bonchev–Trinajstić information content (AvgIpc) is 2.86. The third-order valence-corrected chi connectivity index (χ3v) is 7.77. The lowest BCUT2D eigenvalue weighted by atomic mass is 9.82. The number of rotatable bonds is 8. The first-order valence-electron chi connectivity index (χ1n) is 12.8. The number of benzene rings is 1. The Kier molecular flexibility index (Phi) is 8.10. The Morgan fingerprint density at radius 3 is 2.51 bits per heavy atom. The molecule has 0 aliphatic carbocycles. The Balaban J connectivity index is 1.71. The van der Waals surface area contributed by atoms with Crippen molar-refractivity contribution < 1.29 is 22.3 Å². The largest absolute Gasteiger partial charge is 0.493 e. The van der Waals surface area contributed by atoms with Gasteiger partial charge in [0, 0.05) is 24.7 Å². The van der Waals surface area contributed by atoms with Gasteiger partial charge in [-0.25, -0.2) is 19.1 Å². The second kappa shape index (κ2) is 11.2. The van der Waals surface area contributed by atoms with Crippen molar-refractivity contribution in [1.82, 2.24) is 14.7 Å². The molecule has 0 spiro atoms. The molecule has 0 bridgehead atoms. The number of hydrogen-bond acceptors (Lipinski definition) is 8. The quantitative estimate of drug-likeness (QED) is 0.411. The maximum absolute atomic E-state index is 14.5. The fraction of sp³-hybridized carbons (Fsp3) is 0.393. The number of nitrogen functional groups attached to an aromatic ring is 1. The molecule has 0 unspecified atom stereocenters. The Hall–Kier alpha value is -3.73. The van der Waals surface area contributed by atoms with Gasteiger partial charge in [0.1, 0.15) is 23.2 Å². The number of carbonyl (C=O) groups excluding carboxylic acids is 1. The van der Waals surface area contributed by atoms with E-state index in [1.165, 1.54) is 36.4 Å². The molecule has 39 heavy (non-hydrogen) atoms. The number of piperidine rings is 1. The van der Waals surface area contributed by atoms with Crippen molar-refractivity contribution in [1.29, 1.82) is 0 Å². The van der Waals surface area contributed by atoms with Gasteiger partial charge in [-0.2, -0.15) is 8.42 Å². The van der Waals surface area contributed by atoms with Crippen LogP contribution in [-0.4, -0.2) is 44.0 Å². The molecule has 3 aromatic rings. The summed E-state index contributed by atoms with van der Waals surface area (Å²) in [5.41, 5.74) is 6.75. The zero-order valence-electron chi connectivity index (χ0n) is 22.6. The smallest absolute Gasteiger partial charge is 0.281 e. The lowest BCUT2D eigenvalue weighted by molar-refractivity contribution is 0.0981. The monoisotopic (exact) mass is 555 g/mol. The molecule has 3 N–H and O–H groups in total. The van der Waals surface area contributed by atoms with E-state index in [0.717, 1.165) is 12.8 Å². The van der Waals surface area contributed by atoms with Crippen LogP contribution < -0.4 is 20.1 Å². The third-order valence-electron chi connectivity index (χ3n) is 6.53. The standard InChI is InChI=1S/C28H34FN5O4S/c1-18(2)17-38-21-15-19(14-20(29)16-21)23-9-8-22(26(31-23)34-12-10-28(3,4)11-13-34)27(35)33-39(36,37)25-7-5-6-24(30)32-25/h5-9,14-16,18H,10-13,17H2,1-4H3,(H2,30,32)(H,33,35). The van der Waals surface area contributed by atoms with Crippen molar-refractivity contribution in [2.45, 2.75) is 45.6 Å². The summed E-state index contributed by atoms with van der Waals surface area (Å²) in [5.74, 6) is -0.342. The van der Waals surface area contributed by atoms with E-state index in [0.29, 0.717) is 42.5 Å². The summed E-state index contributed by atoms with van der Waals surface area (Å²) < 4.78 is 48.1. The SMILES string of the molecule is CC(C)COc1cc(F)cc(-c2ccc(C(=O)NS(=O)(=O)c3cccc(N)n3)c(N3CCC(C)(C)CC3)n2)c1. The van der Waals surface area contributed by atoms with E-state index < -0.39 is 21.7 Å².